The molecule has 0 spiro atoms. The third-order valence-corrected chi connectivity index (χ3v) is 4.23. The molecule has 1 fully saturated rings. The first-order valence-electron chi connectivity index (χ1n) is 7.58. The van der Waals surface area contributed by atoms with Crippen LogP contribution >= 0.6 is 11.6 Å². The molecule has 112 valence electrons. The summed E-state index contributed by atoms with van der Waals surface area (Å²) in [5.74, 6) is 0. The van der Waals surface area contributed by atoms with Crippen LogP contribution in [0.4, 0.5) is 0 Å². The van der Waals surface area contributed by atoms with Crippen LogP contribution in [0, 0.1) is 0 Å². The van der Waals surface area contributed by atoms with E-state index in [9.17, 15) is 5.11 Å². The van der Waals surface area contributed by atoms with E-state index in [2.05, 4.69) is 29.3 Å². The third-order valence-electron chi connectivity index (χ3n) is 3.99. The fourth-order valence-corrected chi connectivity index (χ4v) is 3.01. The first-order chi connectivity index (χ1) is 9.69. The zero-order chi connectivity index (χ0) is 14.4. The van der Waals surface area contributed by atoms with Crippen LogP contribution in [0.3, 0.4) is 0 Å². The molecule has 1 atom stereocenters. The number of likely N-dealkylation sites (tertiary alicyclic amines) is 1. The summed E-state index contributed by atoms with van der Waals surface area (Å²) in [6.07, 6.45) is 2.79. The Morgan fingerprint density at radius 1 is 1.40 bits per heavy atom. The quantitative estimate of drug-likeness (QED) is 0.847. The normalized spacial score (nSPS) is 19.1. The van der Waals surface area contributed by atoms with E-state index < -0.39 is 0 Å². The van der Waals surface area contributed by atoms with Gasteiger partial charge in [-0.1, -0.05) is 30.7 Å². The van der Waals surface area contributed by atoms with Crippen molar-refractivity contribution in [2.24, 2.45) is 0 Å². The van der Waals surface area contributed by atoms with Crippen molar-refractivity contribution in [1.29, 1.82) is 0 Å². The number of halogens is 1. The molecular weight excluding hydrogens is 272 g/mol. The van der Waals surface area contributed by atoms with Crippen molar-refractivity contribution < 1.29 is 5.11 Å². The summed E-state index contributed by atoms with van der Waals surface area (Å²) in [5, 5.41) is 13.9. The summed E-state index contributed by atoms with van der Waals surface area (Å²) in [6, 6.07) is 8.47. The number of benzene rings is 1. The monoisotopic (exact) mass is 296 g/mol. The van der Waals surface area contributed by atoms with Crippen molar-refractivity contribution in [3.8, 4) is 0 Å². The highest BCUT2D eigenvalue weighted by Gasteiger charge is 2.18. The second kappa shape index (κ2) is 7.99. The zero-order valence-corrected chi connectivity index (χ0v) is 12.9. The Balaban J connectivity index is 1.89. The lowest BCUT2D eigenvalue weighted by atomic mass is 10.0. The van der Waals surface area contributed by atoms with Gasteiger partial charge in [0.25, 0.3) is 0 Å². The van der Waals surface area contributed by atoms with Gasteiger partial charge >= 0.3 is 0 Å². The van der Waals surface area contributed by atoms with E-state index in [0.29, 0.717) is 6.04 Å². The topological polar surface area (TPSA) is 35.5 Å². The highest BCUT2D eigenvalue weighted by atomic mass is 35.5. The lowest BCUT2D eigenvalue weighted by Gasteiger charge is -2.31. The molecule has 0 aromatic heterocycles. The van der Waals surface area contributed by atoms with E-state index in [1.165, 1.54) is 5.56 Å². The van der Waals surface area contributed by atoms with E-state index in [4.69, 9.17) is 11.6 Å². The Morgan fingerprint density at radius 2 is 2.15 bits per heavy atom. The fourth-order valence-electron chi connectivity index (χ4n) is 2.81. The minimum absolute atomic E-state index is 0.0938. The average Bonchev–Trinajstić information content (AvgIpc) is 2.45. The van der Waals surface area contributed by atoms with Gasteiger partial charge in [0.2, 0.25) is 0 Å². The predicted octanol–water partition coefficient (Wildman–Crippen LogP) is 2.84. The molecular formula is C16H25ClN2O. The molecule has 0 aliphatic carbocycles. The van der Waals surface area contributed by atoms with Gasteiger partial charge in [-0.2, -0.15) is 0 Å². The Morgan fingerprint density at radius 3 is 2.80 bits per heavy atom. The summed E-state index contributed by atoms with van der Waals surface area (Å²) in [6.45, 7) is 6.17. The van der Waals surface area contributed by atoms with Gasteiger partial charge in [-0.25, -0.2) is 0 Å². The lowest BCUT2D eigenvalue weighted by Crippen LogP contribution is -2.37. The average molecular weight is 297 g/mol. The zero-order valence-electron chi connectivity index (χ0n) is 12.2. The number of aliphatic hydroxyl groups is 1. The molecule has 0 saturated carbocycles. The molecule has 1 aliphatic rings. The van der Waals surface area contributed by atoms with Gasteiger partial charge < -0.3 is 15.3 Å². The number of rotatable bonds is 6. The van der Waals surface area contributed by atoms with E-state index >= 15 is 0 Å². The van der Waals surface area contributed by atoms with E-state index in [1.54, 1.807) is 0 Å². The van der Waals surface area contributed by atoms with E-state index in [0.717, 1.165) is 50.5 Å². The van der Waals surface area contributed by atoms with Crippen molar-refractivity contribution >= 4 is 11.6 Å². The molecule has 2 rings (SSSR count). The number of nitrogens with zero attached hydrogens (tertiary/aromatic N) is 1. The van der Waals surface area contributed by atoms with E-state index in [-0.39, 0.29) is 6.10 Å². The molecule has 1 aromatic carbocycles. The molecule has 4 heteroatoms. The number of hydrogen-bond acceptors (Lipinski definition) is 3. The van der Waals surface area contributed by atoms with Crippen LogP contribution < -0.4 is 5.32 Å². The first kappa shape index (κ1) is 15.8. The largest absolute Gasteiger partial charge is 0.393 e. The minimum atomic E-state index is -0.0938. The van der Waals surface area contributed by atoms with Crippen LogP contribution in [-0.2, 0) is 0 Å². The molecule has 0 bridgehead atoms. The van der Waals surface area contributed by atoms with Crippen LogP contribution in [-0.4, -0.2) is 42.3 Å². The fraction of sp³-hybridized carbons (Fsp3) is 0.625. The van der Waals surface area contributed by atoms with Crippen molar-refractivity contribution in [2.45, 2.75) is 38.3 Å². The SMILES string of the molecule is CCNC(CCN1CCC(O)CC1)c1cccc(Cl)c1. The number of piperidine rings is 1. The summed E-state index contributed by atoms with van der Waals surface area (Å²) in [5.41, 5.74) is 1.26. The molecule has 3 nitrogen and oxygen atoms in total. The smallest absolute Gasteiger partial charge is 0.0564 e. The molecule has 1 aliphatic heterocycles. The van der Waals surface area contributed by atoms with Crippen molar-refractivity contribution in [2.75, 3.05) is 26.2 Å². The molecule has 1 saturated heterocycles. The van der Waals surface area contributed by atoms with Gasteiger partial charge in [-0.05, 0) is 50.0 Å². The molecule has 1 unspecified atom stereocenters. The highest BCUT2D eigenvalue weighted by molar-refractivity contribution is 6.30. The molecule has 1 heterocycles. The maximum Gasteiger partial charge on any atom is 0.0564 e. The molecule has 2 N–H and O–H groups in total. The van der Waals surface area contributed by atoms with Gasteiger partial charge in [0, 0.05) is 24.2 Å². The van der Waals surface area contributed by atoms with E-state index in [1.807, 2.05) is 12.1 Å². The molecule has 1 aromatic rings. The second-order valence-electron chi connectivity index (χ2n) is 5.53. The number of hydrogen-bond donors (Lipinski definition) is 2. The minimum Gasteiger partial charge on any atom is -0.393 e. The number of nitrogens with one attached hydrogen (secondary N) is 1. The molecule has 0 radical (unpaired) electrons. The Kier molecular flexibility index (Phi) is 6.30. The molecule has 0 amide bonds. The molecule has 20 heavy (non-hydrogen) atoms. The van der Waals surface area contributed by atoms with Gasteiger partial charge in [-0.3, -0.25) is 0 Å². The van der Waals surface area contributed by atoms with Crippen LogP contribution in [0.5, 0.6) is 0 Å². The lowest BCUT2D eigenvalue weighted by molar-refractivity contribution is 0.0806. The standard InChI is InChI=1S/C16H25ClN2O/c1-2-18-16(13-4-3-5-14(17)12-13)8-11-19-9-6-15(20)7-10-19/h3-5,12,15-16,18,20H,2,6-11H2,1H3. The van der Waals surface area contributed by atoms with Crippen LogP contribution in [0.15, 0.2) is 24.3 Å². The van der Waals surface area contributed by atoms with Crippen LogP contribution in [0.25, 0.3) is 0 Å². The van der Waals surface area contributed by atoms with Gasteiger partial charge in [0.1, 0.15) is 0 Å². The van der Waals surface area contributed by atoms with Gasteiger partial charge in [-0.15, -0.1) is 0 Å². The van der Waals surface area contributed by atoms with Gasteiger partial charge in [0.15, 0.2) is 0 Å². The maximum atomic E-state index is 9.54. The van der Waals surface area contributed by atoms with Gasteiger partial charge in [0.05, 0.1) is 6.10 Å². The second-order valence-corrected chi connectivity index (χ2v) is 5.96. The van der Waals surface area contributed by atoms with Crippen molar-refractivity contribution in [1.82, 2.24) is 10.2 Å². The Hall–Kier alpha value is -0.610. The van der Waals surface area contributed by atoms with Crippen LogP contribution in [0.1, 0.15) is 37.8 Å². The summed E-state index contributed by atoms with van der Waals surface area (Å²) >= 11 is 6.09. The summed E-state index contributed by atoms with van der Waals surface area (Å²) in [7, 11) is 0. The Bertz CT molecular complexity index is 405. The maximum absolute atomic E-state index is 9.54. The summed E-state index contributed by atoms with van der Waals surface area (Å²) < 4.78 is 0. The van der Waals surface area contributed by atoms with Crippen molar-refractivity contribution in [3.63, 3.8) is 0 Å². The van der Waals surface area contributed by atoms with Crippen LogP contribution in [0.2, 0.25) is 5.02 Å². The number of aliphatic hydroxyl groups excluding tert-OH is 1. The highest BCUT2D eigenvalue weighted by Crippen LogP contribution is 2.21. The predicted molar refractivity (Wildman–Crippen MR) is 84.2 cm³/mol. The Labute approximate surface area is 126 Å². The third kappa shape index (κ3) is 4.74. The first-order valence-corrected chi connectivity index (χ1v) is 7.96. The van der Waals surface area contributed by atoms with Crippen molar-refractivity contribution in [3.05, 3.63) is 34.9 Å². The summed E-state index contributed by atoms with van der Waals surface area (Å²) in [4.78, 5) is 2.45.